The maximum Gasteiger partial charge on any atom is 0.282 e. The highest BCUT2D eigenvalue weighted by atomic mass is 16.6. The summed E-state index contributed by atoms with van der Waals surface area (Å²) in [6.07, 6.45) is 0. The van der Waals surface area contributed by atoms with Gasteiger partial charge in [0.2, 0.25) is 0 Å². The number of aliphatic hydroxyl groups is 1. The number of benzene rings is 1. The number of carbonyl (C=O) groups is 1. The van der Waals surface area contributed by atoms with E-state index in [0.717, 1.165) is 5.56 Å². The third-order valence-corrected chi connectivity index (χ3v) is 3.87. The van der Waals surface area contributed by atoms with Crippen LogP contribution in [0.3, 0.4) is 0 Å². The average molecular weight is 278 g/mol. The van der Waals surface area contributed by atoms with Crippen LogP contribution < -0.4 is 0 Å². The molecule has 1 aromatic rings. The molecule has 1 heterocycles. The van der Waals surface area contributed by atoms with E-state index in [9.17, 15) is 20.0 Å². The Kier molecular flexibility index (Phi) is 3.52. The second kappa shape index (κ2) is 4.86. The van der Waals surface area contributed by atoms with Crippen molar-refractivity contribution in [3.63, 3.8) is 0 Å². The summed E-state index contributed by atoms with van der Waals surface area (Å²) < 4.78 is 0. The second-order valence-electron chi connectivity index (χ2n) is 5.70. The summed E-state index contributed by atoms with van der Waals surface area (Å²) >= 11 is 0. The lowest BCUT2D eigenvalue weighted by Crippen LogP contribution is -2.66. The van der Waals surface area contributed by atoms with Crippen molar-refractivity contribution in [2.24, 2.45) is 5.92 Å². The molecule has 1 aliphatic rings. The van der Waals surface area contributed by atoms with E-state index in [1.54, 1.807) is 13.0 Å². The fourth-order valence-corrected chi connectivity index (χ4v) is 2.27. The summed E-state index contributed by atoms with van der Waals surface area (Å²) in [5, 5.41) is 21.1. The Balaban J connectivity index is 2.23. The highest BCUT2D eigenvalue weighted by molar-refractivity contribution is 5.99. The lowest BCUT2D eigenvalue weighted by atomic mass is 9.82. The first-order valence-electron chi connectivity index (χ1n) is 6.51. The fourth-order valence-electron chi connectivity index (χ4n) is 2.27. The number of rotatable bonds is 3. The van der Waals surface area contributed by atoms with Crippen molar-refractivity contribution >= 4 is 11.6 Å². The fraction of sp³-hybridized carbons (Fsp3) is 0.500. The molecule has 0 saturated carbocycles. The quantitative estimate of drug-likeness (QED) is 0.674. The molecule has 1 fully saturated rings. The predicted octanol–water partition coefficient (Wildman–Crippen LogP) is 1.75. The number of nitrogens with zero attached hydrogens (tertiary/aromatic N) is 2. The van der Waals surface area contributed by atoms with Gasteiger partial charge in [-0.05, 0) is 24.5 Å². The molecule has 2 rings (SSSR count). The van der Waals surface area contributed by atoms with Gasteiger partial charge in [-0.15, -0.1) is 0 Å². The van der Waals surface area contributed by atoms with Crippen molar-refractivity contribution < 1.29 is 14.8 Å². The number of hydrogen-bond donors (Lipinski definition) is 1. The first-order chi connectivity index (χ1) is 9.24. The summed E-state index contributed by atoms with van der Waals surface area (Å²) in [6, 6.07) is 4.47. The minimum absolute atomic E-state index is 0.0408. The van der Waals surface area contributed by atoms with Gasteiger partial charge in [-0.1, -0.05) is 19.9 Å². The normalized spacial score (nSPS) is 16.9. The number of aryl methyl sites for hydroxylation is 1. The van der Waals surface area contributed by atoms with Gasteiger partial charge >= 0.3 is 0 Å². The molecule has 1 aliphatic heterocycles. The molecule has 0 spiro atoms. The van der Waals surface area contributed by atoms with Crippen LogP contribution in [-0.2, 0) is 0 Å². The molecule has 1 aromatic carbocycles. The molecule has 1 N–H and O–H groups in total. The molecule has 1 saturated heterocycles. The van der Waals surface area contributed by atoms with Crippen LogP contribution in [0.4, 0.5) is 5.69 Å². The molecule has 108 valence electrons. The first-order valence-corrected chi connectivity index (χ1v) is 6.51. The minimum Gasteiger partial charge on any atom is -0.386 e. The van der Waals surface area contributed by atoms with Gasteiger partial charge in [0.05, 0.1) is 18.0 Å². The first kappa shape index (κ1) is 14.5. The Labute approximate surface area is 117 Å². The molecular weight excluding hydrogens is 260 g/mol. The van der Waals surface area contributed by atoms with E-state index >= 15 is 0 Å². The van der Waals surface area contributed by atoms with E-state index in [1.807, 2.05) is 13.8 Å². The lowest BCUT2D eigenvalue weighted by Gasteiger charge is -2.48. The molecule has 20 heavy (non-hydrogen) atoms. The van der Waals surface area contributed by atoms with E-state index in [1.165, 1.54) is 17.0 Å². The van der Waals surface area contributed by atoms with E-state index in [0.29, 0.717) is 0 Å². The van der Waals surface area contributed by atoms with Gasteiger partial charge in [0.25, 0.3) is 11.6 Å². The van der Waals surface area contributed by atoms with Crippen molar-refractivity contribution in [2.75, 3.05) is 13.1 Å². The van der Waals surface area contributed by atoms with Gasteiger partial charge in [-0.3, -0.25) is 14.9 Å². The Morgan fingerprint density at radius 1 is 1.45 bits per heavy atom. The van der Waals surface area contributed by atoms with Gasteiger partial charge in [0.15, 0.2) is 0 Å². The average Bonchev–Trinajstić information content (AvgIpc) is 2.33. The summed E-state index contributed by atoms with van der Waals surface area (Å²) in [6.45, 7) is 5.98. The SMILES string of the molecule is Cc1ccc([N+](=O)[O-])c(C(=O)N2CC(O)(C(C)C)C2)c1. The van der Waals surface area contributed by atoms with Crippen LogP contribution in [-0.4, -0.2) is 39.5 Å². The third-order valence-electron chi connectivity index (χ3n) is 3.87. The molecule has 6 heteroatoms. The monoisotopic (exact) mass is 278 g/mol. The highest BCUT2D eigenvalue weighted by Gasteiger charge is 2.46. The molecule has 0 aliphatic carbocycles. The zero-order valence-electron chi connectivity index (χ0n) is 11.8. The smallest absolute Gasteiger partial charge is 0.282 e. The van der Waals surface area contributed by atoms with Crippen LogP contribution >= 0.6 is 0 Å². The van der Waals surface area contributed by atoms with Gasteiger partial charge in [-0.2, -0.15) is 0 Å². The Bertz CT molecular complexity index is 562. The molecule has 0 bridgehead atoms. The second-order valence-corrected chi connectivity index (χ2v) is 5.70. The van der Waals surface area contributed by atoms with E-state index in [-0.39, 0.29) is 30.3 Å². The Morgan fingerprint density at radius 3 is 2.55 bits per heavy atom. The van der Waals surface area contributed by atoms with Crippen molar-refractivity contribution in [2.45, 2.75) is 26.4 Å². The van der Waals surface area contributed by atoms with Gasteiger partial charge in [-0.25, -0.2) is 0 Å². The summed E-state index contributed by atoms with van der Waals surface area (Å²) in [7, 11) is 0. The molecule has 0 unspecified atom stereocenters. The number of hydrogen-bond acceptors (Lipinski definition) is 4. The van der Waals surface area contributed by atoms with Crippen LogP contribution in [0.25, 0.3) is 0 Å². The van der Waals surface area contributed by atoms with Crippen molar-refractivity contribution in [3.05, 3.63) is 39.4 Å². The maximum absolute atomic E-state index is 12.3. The maximum atomic E-state index is 12.3. The zero-order chi connectivity index (χ0) is 15.1. The molecular formula is C14H18N2O4. The molecule has 0 atom stereocenters. The van der Waals surface area contributed by atoms with E-state index in [4.69, 9.17) is 0 Å². The van der Waals surface area contributed by atoms with Gasteiger partial charge in [0.1, 0.15) is 11.2 Å². The summed E-state index contributed by atoms with van der Waals surface area (Å²) in [5.74, 6) is -0.357. The zero-order valence-corrected chi connectivity index (χ0v) is 11.8. The van der Waals surface area contributed by atoms with Gasteiger partial charge < -0.3 is 10.0 Å². The van der Waals surface area contributed by atoms with Crippen LogP contribution in [0.5, 0.6) is 0 Å². The van der Waals surface area contributed by atoms with Crippen LogP contribution in [0, 0.1) is 23.0 Å². The third kappa shape index (κ3) is 2.38. The standard InChI is InChI=1S/C14H18N2O4/c1-9(2)14(18)7-15(8-14)13(17)11-6-10(3)4-5-12(11)16(19)20/h4-6,9,18H,7-8H2,1-3H3. The molecule has 1 amide bonds. The molecule has 6 nitrogen and oxygen atoms in total. The number of likely N-dealkylation sites (tertiary alicyclic amines) is 1. The Morgan fingerprint density at radius 2 is 2.05 bits per heavy atom. The topological polar surface area (TPSA) is 83.7 Å². The number of β-amino-alcohol motifs (C(OH)–C–C–N with tert-alkyl or cyclic N) is 1. The van der Waals surface area contributed by atoms with Crippen LogP contribution in [0.15, 0.2) is 18.2 Å². The van der Waals surface area contributed by atoms with E-state index in [2.05, 4.69) is 0 Å². The lowest BCUT2D eigenvalue weighted by molar-refractivity contribution is -0.385. The van der Waals surface area contributed by atoms with Crippen molar-refractivity contribution in [1.29, 1.82) is 0 Å². The minimum atomic E-state index is -0.881. The number of nitro benzene ring substituents is 1. The van der Waals surface area contributed by atoms with Crippen molar-refractivity contribution in [1.82, 2.24) is 4.90 Å². The van der Waals surface area contributed by atoms with Crippen LogP contribution in [0.1, 0.15) is 29.8 Å². The number of carbonyl (C=O) groups excluding carboxylic acids is 1. The van der Waals surface area contributed by atoms with Crippen molar-refractivity contribution in [3.8, 4) is 0 Å². The summed E-state index contributed by atoms with van der Waals surface area (Å²) in [4.78, 5) is 24.2. The highest BCUT2D eigenvalue weighted by Crippen LogP contribution is 2.31. The number of nitro groups is 1. The van der Waals surface area contributed by atoms with E-state index < -0.39 is 16.4 Å². The Hall–Kier alpha value is -1.95. The predicted molar refractivity (Wildman–Crippen MR) is 73.5 cm³/mol. The largest absolute Gasteiger partial charge is 0.386 e. The molecule has 0 radical (unpaired) electrons. The number of amides is 1. The van der Waals surface area contributed by atoms with Crippen LogP contribution in [0.2, 0.25) is 0 Å². The summed E-state index contributed by atoms with van der Waals surface area (Å²) in [5.41, 5.74) is -0.200. The molecule has 0 aromatic heterocycles. The van der Waals surface area contributed by atoms with Gasteiger partial charge in [0, 0.05) is 6.07 Å².